The highest BCUT2D eigenvalue weighted by Gasteiger charge is 2.18. The summed E-state index contributed by atoms with van der Waals surface area (Å²) < 4.78 is 5.89. The summed E-state index contributed by atoms with van der Waals surface area (Å²) in [5.41, 5.74) is 3.23. The molecule has 1 heterocycles. The maximum absolute atomic E-state index is 11.4. The number of aryl methyl sites for hydroxylation is 2. The largest absolute Gasteiger partial charge is 0.438 e. The van der Waals surface area contributed by atoms with E-state index < -0.39 is 4.92 Å². The standard InChI is InChI=1S/C21H18N4O4/c1-13-9-16(12-26)10-14(2)20(13)29-19-8-7-18(25(27)28)21(24-19)23-17-5-3-15(11-22)4-6-17/h3-10,26H,12H2,1-2H3,(H,23,24). The summed E-state index contributed by atoms with van der Waals surface area (Å²) in [7, 11) is 0. The molecule has 0 unspecified atom stereocenters. The molecule has 3 aromatic rings. The zero-order valence-electron chi connectivity index (χ0n) is 15.8. The molecule has 0 spiro atoms. The van der Waals surface area contributed by atoms with Crippen molar-refractivity contribution in [2.75, 3.05) is 5.32 Å². The average molecular weight is 390 g/mol. The third-order valence-electron chi connectivity index (χ3n) is 4.23. The summed E-state index contributed by atoms with van der Waals surface area (Å²) >= 11 is 0. The van der Waals surface area contributed by atoms with Crippen LogP contribution in [0.4, 0.5) is 17.2 Å². The zero-order chi connectivity index (χ0) is 21.0. The van der Waals surface area contributed by atoms with Gasteiger partial charge in [-0.25, -0.2) is 0 Å². The Kier molecular flexibility index (Phi) is 5.71. The van der Waals surface area contributed by atoms with Crippen LogP contribution < -0.4 is 10.1 Å². The van der Waals surface area contributed by atoms with Gasteiger partial charge in [-0.1, -0.05) is 12.1 Å². The molecule has 2 N–H and O–H groups in total. The number of nitrogens with one attached hydrogen (secondary N) is 1. The highest BCUT2D eigenvalue weighted by atomic mass is 16.6. The number of rotatable bonds is 6. The lowest BCUT2D eigenvalue weighted by atomic mass is 10.1. The Bertz CT molecular complexity index is 1080. The fraction of sp³-hybridized carbons (Fsp3) is 0.143. The van der Waals surface area contributed by atoms with E-state index in [4.69, 9.17) is 10.00 Å². The predicted molar refractivity (Wildman–Crippen MR) is 107 cm³/mol. The van der Waals surface area contributed by atoms with Crippen LogP contribution in [0.2, 0.25) is 0 Å². The number of anilines is 2. The van der Waals surface area contributed by atoms with Crippen LogP contribution in [0.3, 0.4) is 0 Å². The first-order valence-corrected chi connectivity index (χ1v) is 8.72. The molecule has 0 bridgehead atoms. The Morgan fingerprint density at radius 2 is 1.83 bits per heavy atom. The first kappa shape index (κ1) is 19.8. The fourth-order valence-electron chi connectivity index (χ4n) is 2.89. The van der Waals surface area contributed by atoms with Gasteiger partial charge < -0.3 is 15.2 Å². The summed E-state index contributed by atoms with van der Waals surface area (Å²) in [5.74, 6) is 0.794. The summed E-state index contributed by atoms with van der Waals surface area (Å²) in [6.07, 6.45) is 0. The van der Waals surface area contributed by atoms with Crippen LogP contribution in [0, 0.1) is 35.3 Å². The Morgan fingerprint density at radius 1 is 1.17 bits per heavy atom. The van der Waals surface area contributed by atoms with Crippen molar-refractivity contribution in [2.24, 2.45) is 0 Å². The smallest absolute Gasteiger partial charge is 0.311 e. The van der Waals surface area contributed by atoms with Gasteiger partial charge in [0.15, 0.2) is 0 Å². The normalized spacial score (nSPS) is 10.3. The van der Waals surface area contributed by atoms with Crippen LogP contribution in [0.1, 0.15) is 22.3 Å². The van der Waals surface area contributed by atoms with Gasteiger partial charge in [0.05, 0.1) is 23.2 Å². The minimum atomic E-state index is -0.532. The van der Waals surface area contributed by atoms with E-state index in [-0.39, 0.29) is 24.0 Å². The van der Waals surface area contributed by atoms with Crippen molar-refractivity contribution in [2.45, 2.75) is 20.5 Å². The third-order valence-corrected chi connectivity index (χ3v) is 4.23. The van der Waals surface area contributed by atoms with Gasteiger partial charge in [-0.05, 0) is 54.8 Å². The van der Waals surface area contributed by atoms with Crippen LogP contribution >= 0.6 is 0 Å². The Hall–Kier alpha value is -3.96. The Balaban J connectivity index is 1.94. The van der Waals surface area contributed by atoms with Gasteiger partial charge in [0, 0.05) is 17.8 Å². The molecule has 0 saturated heterocycles. The van der Waals surface area contributed by atoms with Gasteiger partial charge in [-0.2, -0.15) is 10.2 Å². The molecule has 146 valence electrons. The van der Waals surface area contributed by atoms with Gasteiger partial charge in [0.2, 0.25) is 11.7 Å². The molecule has 0 saturated carbocycles. The maximum Gasteiger partial charge on any atom is 0.311 e. The van der Waals surface area contributed by atoms with Gasteiger partial charge in [0.1, 0.15) is 5.75 Å². The minimum Gasteiger partial charge on any atom is -0.438 e. The van der Waals surface area contributed by atoms with Crippen molar-refractivity contribution in [1.82, 2.24) is 4.98 Å². The number of nitrogens with zero attached hydrogens (tertiary/aromatic N) is 3. The highest BCUT2D eigenvalue weighted by molar-refractivity contribution is 5.66. The molecular weight excluding hydrogens is 372 g/mol. The number of hydrogen-bond acceptors (Lipinski definition) is 7. The molecule has 0 fully saturated rings. The van der Waals surface area contributed by atoms with Gasteiger partial charge >= 0.3 is 5.69 Å². The predicted octanol–water partition coefficient (Wildman–Crippen LogP) is 4.51. The number of ether oxygens (including phenoxy) is 1. The first-order chi connectivity index (χ1) is 13.9. The van der Waals surface area contributed by atoms with Gasteiger partial charge in [-0.3, -0.25) is 10.1 Å². The lowest BCUT2D eigenvalue weighted by Gasteiger charge is -2.14. The van der Waals surface area contributed by atoms with Crippen molar-refractivity contribution in [1.29, 1.82) is 5.26 Å². The number of hydrogen-bond donors (Lipinski definition) is 2. The molecule has 0 amide bonds. The third kappa shape index (κ3) is 4.48. The fourth-order valence-corrected chi connectivity index (χ4v) is 2.89. The number of pyridine rings is 1. The maximum atomic E-state index is 11.4. The van der Waals surface area contributed by atoms with Crippen LogP contribution in [-0.4, -0.2) is 15.0 Å². The molecule has 2 aromatic carbocycles. The van der Waals surface area contributed by atoms with Crippen LogP contribution in [-0.2, 0) is 6.61 Å². The molecule has 0 radical (unpaired) electrons. The van der Waals surface area contributed by atoms with E-state index in [1.165, 1.54) is 12.1 Å². The number of aliphatic hydroxyl groups is 1. The van der Waals surface area contributed by atoms with Crippen molar-refractivity contribution in [3.05, 3.63) is 80.9 Å². The van der Waals surface area contributed by atoms with E-state index in [0.717, 1.165) is 16.7 Å². The number of aliphatic hydroxyl groups excluding tert-OH is 1. The highest BCUT2D eigenvalue weighted by Crippen LogP contribution is 2.33. The van der Waals surface area contributed by atoms with Gasteiger partial charge in [0.25, 0.3) is 0 Å². The molecule has 29 heavy (non-hydrogen) atoms. The molecule has 0 atom stereocenters. The molecule has 8 nitrogen and oxygen atoms in total. The van der Waals surface area contributed by atoms with E-state index >= 15 is 0 Å². The molecule has 0 aliphatic heterocycles. The SMILES string of the molecule is Cc1cc(CO)cc(C)c1Oc1ccc([N+](=O)[O-])c(Nc2ccc(C#N)cc2)n1. The van der Waals surface area contributed by atoms with Crippen molar-refractivity contribution in [3.8, 4) is 17.7 Å². The van der Waals surface area contributed by atoms with Crippen molar-refractivity contribution >= 4 is 17.2 Å². The second-order valence-corrected chi connectivity index (χ2v) is 6.41. The van der Waals surface area contributed by atoms with Crippen LogP contribution in [0.15, 0.2) is 48.5 Å². The Morgan fingerprint density at radius 3 is 2.38 bits per heavy atom. The van der Waals surface area contributed by atoms with Crippen LogP contribution in [0.25, 0.3) is 0 Å². The van der Waals surface area contributed by atoms with E-state index in [0.29, 0.717) is 17.0 Å². The number of nitriles is 1. The second kappa shape index (κ2) is 8.37. The summed E-state index contributed by atoms with van der Waals surface area (Å²) in [6.45, 7) is 3.63. The summed E-state index contributed by atoms with van der Waals surface area (Å²) in [6, 6.07) is 14.9. The minimum absolute atomic E-state index is 0.0273. The summed E-state index contributed by atoms with van der Waals surface area (Å²) in [4.78, 5) is 15.1. The van der Waals surface area contributed by atoms with Crippen LogP contribution in [0.5, 0.6) is 11.6 Å². The van der Waals surface area contributed by atoms with E-state index in [1.54, 1.807) is 24.3 Å². The number of aromatic nitrogens is 1. The lowest BCUT2D eigenvalue weighted by molar-refractivity contribution is -0.384. The first-order valence-electron chi connectivity index (χ1n) is 8.72. The van der Waals surface area contributed by atoms with Gasteiger partial charge in [-0.15, -0.1) is 0 Å². The molecule has 0 aliphatic carbocycles. The zero-order valence-corrected chi connectivity index (χ0v) is 15.8. The second-order valence-electron chi connectivity index (χ2n) is 6.41. The Labute approximate surface area is 167 Å². The number of nitro groups is 1. The van der Waals surface area contributed by atoms with E-state index in [1.807, 2.05) is 32.0 Å². The molecule has 3 rings (SSSR count). The molecule has 8 heteroatoms. The molecule has 0 aliphatic rings. The van der Waals surface area contributed by atoms with E-state index in [2.05, 4.69) is 10.3 Å². The average Bonchev–Trinajstić information content (AvgIpc) is 2.71. The lowest BCUT2D eigenvalue weighted by Crippen LogP contribution is -2.02. The molecular formula is C21H18N4O4. The monoisotopic (exact) mass is 390 g/mol. The molecule has 1 aromatic heterocycles. The summed E-state index contributed by atoms with van der Waals surface area (Å²) in [5, 5.41) is 32.5. The van der Waals surface area contributed by atoms with E-state index in [9.17, 15) is 15.2 Å². The van der Waals surface area contributed by atoms with Crippen molar-refractivity contribution < 1.29 is 14.8 Å². The topological polar surface area (TPSA) is 121 Å². The number of benzene rings is 2. The van der Waals surface area contributed by atoms with Crippen molar-refractivity contribution in [3.63, 3.8) is 0 Å². The quantitative estimate of drug-likeness (QED) is 0.469.